The third kappa shape index (κ3) is 16.5. The molecular weight excluding hydrogens is 1110 g/mol. The number of anilines is 4. The summed E-state index contributed by atoms with van der Waals surface area (Å²) < 4.78 is 133. The van der Waals surface area contributed by atoms with Crippen molar-refractivity contribution in [2.45, 2.75) is 45.5 Å². The summed E-state index contributed by atoms with van der Waals surface area (Å²) in [6, 6.07) is 21.7. The lowest BCUT2D eigenvalue weighted by molar-refractivity contribution is -0.127. The molecule has 2 atom stereocenters. The minimum absolute atomic E-state index is 0.154. The average molecular weight is 1150 g/mol. The number of nitrogens with zero attached hydrogens (tertiary/aromatic N) is 8. The lowest BCUT2D eigenvalue weighted by Crippen LogP contribution is -2.31. The monoisotopic (exact) mass is 1150 g/mol. The van der Waals surface area contributed by atoms with Crippen LogP contribution in [0.15, 0.2) is 194 Å². The summed E-state index contributed by atoms with van der Waals surface area (Å²) in [5, 5.41) is 40.0. The van der Waals surface area contributed by atoms with Crippen LogP contribution in [-0.4, -0.2) is 93.4 Å². The van der Waals surface area contributed by atoms with Gasteiger partial charge < -0.3 is 21.3 Å². The van der Waals surface area contributed by atoms with E-state index in [0.717, 1.165) is 74.5 Å². The lowest BCUT2D eigenvalue weighted by Gasteiger charge is -2.12. The van der Waals surface area contributed by atoms with E-state index in [4.69, 9.17) is 9.11 Å². The van der Waals surface area contributed by atoms with E-state index in [1.165, 1.54) is 72.8 Å². The molecule has 0 radical (unpaired) electrons. The highest BCUT2D eigenvalue weighted by molar-refractivity contribution is 7.86. The Morgan fingerprint density at radius 1 is 0.372 bits per heavy atom. The van der Waals surface area contributed by atoms with E-state index in [1.807, 2.05) is 0 Å². The van der Waals surface area contributed by atoms with E-state index in [2.05, 4.69) is 62.2 Å². The van der Waals surface area contributed by atoms with Gasteiger partial charge in [-0.25, -0.2) is 4.79 Å². The van der Waals surface area contributed by atoms with E-state index in [-0.39, 0.29) is 55.3 Å². The predicted molar refractivity (Wildman–Crippen MR) is 274 cm³/mol. The van der Waals surface area contributed by atoms with Gasteiger partial charge in [-0.2, -0.15) is 74.6 Å². The summed E-state index contributed by atoms with van der Waals surface area (Å²) in [7, 11) is -19.1. The largest absolute Gasteiger partial charge is 0.324 e. The Morgan fingerprint density at radius 3 is 0.923 bits per heavy atom. The Hall–Kier alpha value is -9.09. The number of Topliss-reactive ketones (excluding diaryl/α,β-unsaturated/α-hetero) is 2. The average Bonchev–Trinajstić information content (AvgIpc) is 3.37. The van der Waals surface area contributed by atoms with Gasteiger partial charge in [-0.1, -0.05) is 0 Å². The Morgan fingerprint density at radius 2 is 0.654 bits per heavy atom. The predicted octanol–water partition coefficient (Wildman–Crippen LogP) is 8.51. The number of benzene rings is 6. The van der Waals surface area contributed by atoms with Gasteiger partial charge >= 0.3 is 6.03 Å². The molecule has 4 amide bonds. The number of amides is 4. The van der Waals surface area contributed by atoms with Crippen molar-refractivity contribution < 1.29 is 75.9 Å². The normalized spacial score (nSPS) is 13.1. The van der Waals surface area contributed by atoms with E-state index >= 15 is 0 Å². The first-order valence-electron chi connectivity index (χ1n) is 21.5. The Labute approximate surface area is 441 Å². The van der Waals surface area contributed by atoms with Crippen LogP contribution in [0.1, 0.15) is 13.8 Å². The van der Waals surface area contributed by atoms with Crippen LogP contribution in [0.25, 0.3) is 0 Å². The van der Waals surface area contributed by atoms with Crippen LogP contribution >= 0.6 is 0 Å². The second-order valence-electron chi connectivity index (χ2n) is 15.8. The fraction of sp³-hybridized carbons (Fsp3) is 0.0889. The van der Waals surface area contributed by atoms with Crippen LogP contribution in [0.2, 0.25) is 0 Å². The zero-order valence-corrected chi connectivity index (χ0v) is 42.9. The maximum atomic E-state index is 13.1. The molecule has 0 spiro atoms. The van der Waals surface area contributed by atoms with E-state index in [0.29, 0.717) is 0 Å². The van der Waals surface area contributed by atoms with Gasteiger partial charge in [0.1, 0.15) is 21.2 Å². The third-order valence-electron chi connectivity index (χ3n) is 9.92. The zero-order valence-electron chi connectivity index (χ0n) is 39.7. The molecule has 6 aromatic carbocycles. The molecule has 0 heterocycles. The molecule has 404 valence electrons. The van der Waals surface area contributed by atoms with E-state index in [9.17, 15) is 66.7 Å². The van der Waals surface area contributed by atoms with Crippen molar-refractivity contribution in [2.24, 2.45) is 40.9 Å². The maximum Gasteiger partial charge on any atom is 0.323 e. The first-order chi connectivity index (χ1) is 36.5. The molecular formula is C45H38N12O17S4. The van der Waals surface area contributed by atoms with Crippen molar-refractivity contribution in [3.63, 3.8) is 0 Å². The topological polar surface area (TPSA) is 450 Å². The van der Waals surface area contributed by atoms with Gasteiger partial charge in [0.15, 0.2) is 11.6 Å². The number of ketones is 2. The molecule has 2 unspecified atom stereocenters. The number of hydrogen-bond acceptors (Lipinski definition) is 21. The second kappa shape index (κ2) is 24.3. The number of hydrogen-bond donors (Lipinski definition) is 8. The van der Waals surface area contributed by atoms with Crippen LogP contribution in [0, 0.1) is 0 Å². The standard InChI is InChI=1S/C45H38N12O17S4/c1-25(58)41(43(60)46-27-3-7-29(8-4-27)50-52-31-11-17-35(18-12-31)75(63,64)65)56-54-37-21-15-33(23-39(37)77(69,70)71)48-45(62)49-34-16-22-38(40(24-34)78(72,73)74)55-57-42(26(2)59)44(61)47-28-5-9-30(10-6-28)51-53-32-13-19-36(20-14-32)76(66,67)68/h3-24,41-42H,1-2H3,(H,46,60)(H,47,61)(H2,48,49,62)(H,63,64,65)(H,66,67,68)(H,69,70,71)(H,72,73,74). The van der Waals surface area contributed by atoms with Crippen LogP contribution < -0.4 is 21.3 Å². The molecule has 6 aromatic rings. The van der Waals surface area contributed by atoms with Crippen molar-refractivity contribution in [1.29, 1.82) is 0 Å². The Bertz CT molecular complexity index is 3660. The highest BCUT2D eigenvalue weighted by Gasteiger charge is 2.27. The number of carbonyl (C=O) groups is 5. The zero-order chi connectivity index (χ0) is 57.2. The molecule has 0 aliphatic carbocycles. The summed E-state index contributed by atoms with van der Waals surface area (Å²) in [6.07, 6.45) is 0. The number of nitrogens with one attached hydrogen (secondary N) is 4. The molecule has 0 aliphatic heterocycles. The summed E-state index contributed by atoms with van der Waals surface area (Å²) in [6.45, 7) is 2.00. The van der Waals surface area contributed by atoms with Gasteiger partial charge in [-0.15, -0.1) is 0 Å². The molecule has 8 N–H and O–H groups in total. The molecule has 0 saturated heterocycles. The fourth-order valence-corrected chi connectivity index (χ4v) is 8.43. The van der Waals surface area contributed by atoms with E-state index < -0.39 is 103 Å². The Kier molecular flexibility index (Phi) is 18.1. The smallest absolute Gasteiger partial charge is 0.323 e. The minimum Gasteiger partial charge on any atom is -0.324 e. The Balaban J connectivity index is 1.08. The molecule has 0 saturated carbocycles. The molecule has 0 aliphatic rings. The van der Waals surface area contributed by atoms with Crippen LogP contribution in [-0.2, 0) is 59.7 Å². The molecule has 29 nitrogen and oxygen atoms in total. The number of azo groups is 4. The van der Waals surface area contributed by atoms with E-state index in [1.54, 1.807) is 0 Å². The van der Waals surface area contributed by atoms with Crippen LogP contribution in [0.3, 0.4) is 0 Å². The molecule has 0 aromatic heterocycles. The van der Waals surface area contributed by atoms with Crippen LogP contribution in [0.4, 0.5) is 61.7 Å². The first kappa shape index (κ1) is 58.2. The quantitative estimate of drug-likeness (QED) is 0.0202. The van der Waals surface area contributed by atoms with Gasteiger partial charge in [0, 0.05) is 22.7 Å². The molecule has 6 rings (SSSR count). The number of carbonyl (C=O) groups excluding carboxylic acids is 5. The van der Waals surface area contributed by atoms with Gasteiger partial charge in [0.2, 0.25) is 12.1 Å². The fourth-order valence-electron chi connectivity index (χ4n) is 6.18. The van der Waals surface area contributed by atoms with Crippen molar-refractivity contribution >= 4 is 127 Å². The van der Waals surface area contributed by atoms with Gasteiger partial charge in [0.05, 0.1) is 32.5 Å². The second-order valence-corrected chi connectivity index (χ2v) is 21.4. The van der Waals surface area contributed by atoms with Gasteiger partial charge in [-0.3, -0.25) is 37.4 Å². The summed E-state index contributed by atoms with van der Waals surface area (Å²) in [4.78, 5) is 61.6. The van der Waals surface area contributed by atoms with Crippen molar-refractivity contribution in [2.75, 3.05) is 21.3 Å². The number of rotatable bonds is 20. The SMILES string of the molecule is CC(=O)C(N=Nc1ccc(NC(=O)Nc2ccc(N=NC(C(C)=O)C(=O)Nc3ccc(N=Nc4ccc(S(=O)(=O)O)cc4)cc3)c(S(=O)(=O)O)c2)cc1S(=O)(=O)O)C(=O)Nc1ccc(N=Nc2ccc(S(=O)(=O)O)cc2)cc1. The third-order valence-corrected chi connectivity index (χ3v) is 13.4. The summed E-state index contributed by atoms with van der Waals surface area (Å²) >= 11 is 0. The molecule has 0 bridgehead atoms. The van der Waals surface area contributed by atoms with Crippen molar-refractivity contribution in [3.8, 4) is 0 Å². The molecule has 78 heavy (non-hydrogen) atoms. The summed E-state index contributed by atoms with van der Waals surface area (Å²) in [5.41, 5.74) is -0.397. The van der Waals surface area contributed by atoms with Gasteiger partial charge in [0.25, 0.3) is 52.3 Å². The maximum absolute atomic E-state index is 13.1. The van der Waals surface area contributed by atoms with Crippen molar-refractivity contribution in [3.05, 3.63) is 133 Å². The highest BCUT2D eigenvalue weighted by atomic mass is 32.2. The number of urea groups is 1. The molecule has 0 fully saturated rings. The lowest BCUT2D eigenvalue weighted by atomic mass is 10.2. The van der Waals surface area contributed by atoms with Crippen LogP contribution in [0.5, 0.6) is 0 Å². The first-order valence-corrected chi connectivity index (χ1v) is 27.2. The van der Waals surface area contributed by atoms with Gasteiger partial charge in [-0.05, 0) is 147 Å². The van der Waals surface area contributed by atoms with Crippen molar-refractivity contribution in [1.82, 2.24) is 0 Å². The minimum atomic E-state index is -5.15. The summed E-state index contributed by atoms with van der Waals surface area (Å²) in [5.74, 6) is -3.67. The molecule has 33 heteroatoms. The highest BCUT2D eigenvalue weighted by Crippen LogP contribution is 2.31.